The monoisotopic (exact) mass is 509 g/mol. The second kappa shape index (κ2) is 9.71. The number of thioether (sulfide) groups is 1. The molecule has 0 radical (unpaired) electrons. The quantitative estimate of drug-likeness (QED) is 0.596. The van der Waals surface area contributed by atoms with Crippen LogP contribution in [0.25, 0.3) is 0 Å². The Morgan fingerprint density at radius 1 is 1.06 bits per heavy atom. The van der Waals surface area contributed by atoms with Gasteiger partial charge in [0.2, 0.25) is 17.7 Å². The lowest BCUT2D eigenvalue weighted by molar-refractivity contribution is -0.147. The first-order chi connectivity index (χ1) is 17.3. The molecule has 1 spiro atoms. The third-order valence-electron chi connectivity index (χ3n) is 7.95. The van der Waals surface area contributed by atoms with E-state index in [9.17, 15) is 19.5 Å². The number of hydrogen-bond acceptors (Lipinski definition) is 5. The predicted molar refractivity (Wildman–Crippen MR) is 140 cm³/mol. The number of amides is 3. The highest BCUT2D eigenvalue weighted by Crippen LogP contribution is 2.61. The van der Waals surface area contributed by atoms with Crippen LogP contribution in [0, 0.1) is 17.8 Å². The Hall–Kier alpha value is -2.58. The lowest BCUT2D eigenvalue weighted by Gasteiger charge is -2.39. The van der Waals surface area contributed by atoms with Crippen molar-refractivity contribution in [1.29, 1.82) is 0 Å². The van der Waals surface area contributed by atoms with Gasteiger partial charge in [-0.05, 0) is 17.9 Å². The van der Waals surface area contributed by atoms with Crippen LogP contribution in [-0.2, 0) is 20.9 Å². The van der Waals surface area contributed by atoms with Crippen molar-refractivity contribution in [2.45, 2.75) is 48.9 Å². The number of hydrogen-bond donors (Lipinski definition) is 1. The summed E-state index contributed by atoms with van der Waals surface area (Å²) in [5, 5.41) is 10.2. The van der Waals surface area contributed by atoms with Crippen LogP contribution in [0.1, 0.15) is 25.8 Å². The number of fused-ring (bicyclic) bond motifs is 2. The van der Waals surface area contributed by atoms with Crippen LogP contribution in [-0.4, -0.2) is 86.4 Å². The number of likely N-dealkylation sites (N-methyl/N-ethyl adjacent to an activating group) is 1. The summed E-state index contributed by atoms with van der Waals surface area (Å²) in [6.45, 7) is 5.28. The summed E-state index contributed by atoms with van der Waals surface area (Å²) in [6.07, 6.45) is 8.65. The highest BCUT2D eigenvalue weighted by atomic mass is 32.2. The van der Waals surface area contributed by atoms with Crippen LogP contribution in [0.3, 0.4) is 0 Å². The first-order valence-electron chi connectivity index (χ1n) is 12.8. The molecule has 4 aliphatic rings. The average Bonchev–Trinajstić information content (AvgIpc) is 3.19. The molecule has 5 rings (SSSR count). The van der Waals surface area contributed by atoms with Crippen molar-refractivity contribution in [1.82, 2.24) is 14.7 Å². The Balaban J connectivity index is 1.60. The molecule has 0 aliphatic carbocycles. The van der Waals surface area contributed by atoms with Gasteiger partial charge in [-0.25, -0.2) is 0 Å². The standard InChI is InChI=1S/C28H35N3O4S/c1-18(2)15-20(17-32)31-24-27(35)30(16-19-9-5-4-6-10-19)14-8-12-28(24)23(26(31)34)22-21(36-28)11-7-13-29(3)25(22)33/h4-12,18,20-24,32H,13-17H2,1-3H3/t20-,21+,22-,23+,24?,28+/m1/s1. The van der Waals surface area contributed by atoms with Gasteiger partial charge >= 0.3 is 0 Å². The van der Waals surface area contributed by atoms with Gasteiger partial charge in [-0.3, -0.25) is 14.4 Å². The molecule has 1 unspecified atom stereocenters. The molecular formula is C28H35N3O4S. The van der Waals surface area contributed by atoms with Crippen LogP contribution in [0.2, 0.25) is 0 Å². The van der Waals surface area contributed by atoms with E-state index in [2.05, 4.69) is 13.8 Å². The largest absolute Gasteiger partial charge is 0.394 e. The zero-order valence-corrected chi connectivity index (χ0v) is 21.9. The Kier molecular flexibility index (Phi) is 6.76. The van der Waals surface area contributed by atoms with E-state index in [4.69, 9.17) is 0 Å². The molecule has 1 N–H and O–H groups in total. The number of aliphatic hydroxyl groups excluding tert-OH is 1. The summed E-state index contributed by atoms with van der Waals surface area (Å²) in [5.41, 5.74) is 1.02. The molecule has 2 saturated heterocycles. The molecule has 4 heterocycles. The van der Waals surface area contributed by atoms with E-state index < -0.39 is 28.7 Å². The number of likely N-dealkylation sites (tertiary alicyclic amines) is 1. The van der Waals surface area contributed by atoms with Gasteiger partial charge in [-0.2, -0.15) is 0 Å². The van der Waals surface area contributed by atoms with Crippen molar-refractivity contribution in [2.75, 3.05) is 26.7 Å². The van der Waals surface area contributed by atoms with Crippen LogP contribution >= 0.6 is 11.8 Å². The first-order valence-corrected chi connectivity index (χ1v) is 13.7. The smallest absolute Gasteiger partial charge is 0.247 e. The van der Waals surface area contributed by atoms with E-state index in [1.165, 1.54) is 0 Å². The Morgan fingerprint density at radius 3 is 2.50 bits per heavy atom. The molecule has 36 heavy (non-hydrogen) atoms. The summed E-state index contributed by atoms with van der Waals surface area (Å²) >= 11 is 1.58. The zero-order chi connectivity index (χ0) is 25.6. The molecule has 6 atom stereocenters. The van der Waals surface area contributed by atoms with Gasteiger partial charge in [-0.1, -0.05) is 68.5 Å². The van der Waals surface area contributed by atoms with Crippen molar-refractivity contribution in [3.8, 4) is 0 Å². The Morgan fingerprint density at radius 2 is 1.81 bits per heavy atom. The number of benzene rings is 1. The van der Waals surface area contributed by atoms with E-state index in [0.29, 0.717) is 26.1 Å². The maximum atomic E-state index is 14.3. The second-order valence-electron chi connectivity index (χ2n) is 10.8. The average molecular weight is 510 g/mol. The van der Waals surface area contributed by atoms with Crippen LogP contribution in [0.5, 0.6) is 0 Å². The number of aliphatic hydroxyl groups is 1. The zero-order valence-electron chi connectivity index (χ0n) is 21.1. The maximum absolute atomic E-state index is 14.3. The van der Waals surface area contributed by atoms with Crippen molar-refractivity contribution in [3.05, 3.63) is 60.2 Å². The maximum Gasteiger partial charge on any atom is 0.247 e. The third kappa shape index (κ3) is 3.98. The van der Waals surface area contributed by atoms with Gasteiger partial charge in [-0.15, -0.1) is 11.8 Å². The molecule has 8 heteroatoms. The van der Waals surface area contributed by atoms with Gasteiger partial charge in [0, 0.05) is 31.9 Å². The fraction of sp³-hybridized carbons (Fsp3) is 0.536. The molecule has 3 amide bonds. The van der Waals surface area contributed by atoms with E-state index in [1.807, 2.05) is 54.6 Å². The lowest BCUT2D eigenvalue weighted by Crippen LogP contribution is -2.56. The van der Waals surface area contributed by atoms with Crippen molar-refractivity contribution in [3.63, 3.8) is 0 Å². The number of carbonyl (C=O) groups excluding carboxylic acids is 3. The SMILES string of the molecule is CC(C)C[C@H](CO)N1C(=O)[C@@H]2[C@@H]3C(=O)N(C)CC=C[C@@H]3S[C@@]23C=CCN(Cc2ccccc2)C(=O)C13. The van der Waals surface area contributed by atoms with Gasteiger partial charge < -0.3 is 19.8 Å². The fourth-order valence-electron chi connectivity index (χ4n) is 6.41. The molecule has 192 valence electrons. The minimum atomic E-state index is -0.850. The van der Waals surface area contributed by atoms with Gasteiger partial charge in [0.25, 0.3) is 0 Å². The van der Waals surface area contributed by atoms with Crippen molar-refractivity contribution < 1.29 is 19.5 Å². The second-order valence-corrected chi connectivity index (χ2v) is 12.3. The minimum absolute atomic E-state index is 0.0519. The predicted octanol–water partition coefficient (Wildman–Crippen LogP) is 2.32. The Labute approximate surface area is 217 Å². The van der Waals surface area contributed by atoms with E-state index in [-0.39, 0.29) is 35.5 Å². The number of carbonyl (C=O) groups is 3. The summed E-state index contributed by atoms with van der Waals surface area (Å²) in [7, 11) is 1.77. The highest BCUT2D eigenvalue weighted by molar-refractivity contribution is 8.02. The van der Waals surface area contributed by atoms with Gasteiger partial charge in [0.15, 0.2) is 0 Å². The fourth-order valence-corrected chi connectivity index (χ4v) is 8.40. The minimum Gasteiger partial charge on any atom is -0.394 e. The molecular weight excluding hydrogens is 474 g/mol. The topological polar surface area (TPSA) is 81.2 Å². The van der Waals surface area contributed by atoms with Gasteiger partial charge in [0.05, 0.1) is 29.2 Å². The number of nitrogens with zero attached hydrogens (tertiary/aromatic N) is 3. The van der Waals surface area contributed by atoms with E-state index in [0.717, 1.165) is 5.56 Å². The van der Waals surface area contributed by atoms with Gasteiger partial charge in [0.1, 0.15) is 6.04 Å². The first kappa shape index (κ1) is 25.1. The summed E-state index contributed by atoms with van der Waals surface area (Å²) < 4.78 is -0.850. The molecule has 1 aromatic rings. The van der Waals surface area contributed by atoms with Crippen LogP contribution in [0.15, 0.2) is 54.6 Å². The summed E-state index contributed by atoms with van der Waals surface area (Å²) in [4.78, 5) is 47.3. The van der Waals surface area contributed by atoms with E-state index in [1.54, 1.807) is 33.5 Å². The Bertz CT molecular complexity index is 1090. The summed E-state index contributed by atoms with van der Waals surface area (Å²) in [5.74, 6) is -1.29. The van der Waals surface area contributed by atoms with E-state index >= 15 is 0 Å². The summed E-state index contributed by atoms with van der Waals surface area (Å²) in [6, 6.07) is 8.60. The van der Waals surface area contributed by atoms with Crippen molar-refractivity contribution in [2.24, 2.45) is 17.8 Å². The molecule has 7 nitrogen and oxygen atoms in total. The highest BCUT2D eigenvalue weighted by Gasteiger charge is 2.71. The molecule has 1 aromatic carbocycles. The molecule has 2 fully saturated rings. The van der Waals surface area contributed by atoms with Crippen LogP contribution < -0.4 is 0 Å². The van der Waals surface area contributed by atoms with Crippen molar-refractivity contribution >= 4 is 29.5 Å². The lowest BCUT2D eigenvalue weighted by atomic mass is 9.78. The molecule has 0 aromatic heterocycles. The number of rotatable bonds is 6. The molecule has 0 bridgehead atoms. The van der Waals surface area contributed by atoms with Crippen LogP contribution in [0.4, 0.5) is 0 Å². The molecule has 0 saturated carbocycles. The third-order valence-corrected chi connectivity index (χ3v) is 9.69. The normalized spacial score (nSPS) is 32.5. The molecule has 4 aliphatic heterocycles.